The number of allylic oxidation sites excluding steroid dienone is 1. The first-order chi connectivity index (χ1) is 11.7. The van der Waals surface area contributed by atoms with Crippen LogP contribution in [-0.2, 0) is 22.7 Å². The van der Waals surface area contributed by atoms with E-state index in [1.165, 1.54) is 11.8 Å². The van der Waals surface area contributed by atoms with Crippen LogP contribution >= 0.6 is 11.8 Å². The highest BCUT2D eigenvalue weighted by Crippen LogP contribution is 2.20. The van der Waals surface area contributed by atoms with Crippen molar-refractivity contribution in [1.82, 2.24) is 14.8 Å². The summed E-state index contributed by atoms with van der Waals surface area (Å²) in [5, 5.41) is 8.96. The molecule has 2 aromatic rings. The van der Waals surface area contributed by atoms with Gasteiger partial charge in [-0.2, -0.15) is 0 Å². The Balaban J connectivity index is 2.05. The standard InChI is InChI=1S/C17H21N3O3S/c1-4-10-20-15(11-23-14-9-7-6-8-13(14)3)18-19-17(20)24-12-16(21)22-5-2/h4,6-9H,1,5,10-12H2,2-3H3. The molecule has 128 valence electrons. The summed E-state index contributed by atoms with van der Waals surface area (Å²) in [6.45, 7) is 8.74. The second kappa shape index (κ2) is 9.12. The number of para-hydroxylation sites is 1. The Bertz CT molecular complexity index is 700. The molecule has 0 radical (unpaired) electrons. The zero-order valence-electron chi connectivity index (χ0n) is 13.9. The van der Waals surface area contributed by atoms with Crippen molar-refractivity contribution >= 4 is 17.7 Å². The van der Waals surface area contributed by atoms with E-state index in [0.29, 0.717) is 30.7 Å². The van der Waals surface area contributed by atoms with Gasteiger partial charge in [0, 0.05) is 6.54 Å². The highest BCUT2D eigenvalue weighted by molar-refractivity contribution is 7.99. The van der Waals surface area contributed by atoms with E-state index in [1.54, 1.807) is 13.0 Å². The Labute approximate surface area is 145 Å². The molecule has 1 aromatic carbocycles. The fourth-order valence-corrected chi connectivity index (χ4v) is 2.80. The number of carbonyl (C=O) groups excluding carboxylic acids is 1. The molecule has 0 aliphatic heterocycles. The van der Waals surface area contributed by atoms with E-state index in [0.717, 1.165) is 11.3 Å². The van der Waals surface area contributed by atoms with E-state index >= 15 is 0 Å². The summed E-state index contributed by atoms with van der Waals surface area (Å²) >= 11 is 1.29. The number of carbonyl (C=O) groups is 1. The van der Waals surface area contributed by atoms with E-state index in [1.807, 2.05) is 35.8 Å². The Morgan fingerprint density at radius 3 is 2.88 bits per heavy atom. The van der Waals surface area contributed by atoms with Gasteiger partial charge in [0.25, 0.3) is 0 Å². The Morgan fingerprint density at radius 2 is 2.17 bits per heavy atom. The minimum atomic E-state index is -0.270. The van der Waals surface area contributed by atoms with Gasteiger partial charge in [0.05, 0.1) is 12.4 Å². The van der Waals surface area contributed by atoms with Gasteiger partial charge in [0.2, 0.25) is 0 Å². The number of hydrogen-bond acceptors (Lipinski definition) is 6. The van der Waals surface area contributed by atoms with Gasteiger partial charge in [-0.1, -0.05) is 36.0 Å². The summed E-state index contributed by atoms with van der Waals surface area (Å²) in [5.41, 5.74) is 1.06. The zero-order chi connectivity index (χ0) is 17.4. The van der Waals surface area contributed by atoms with E-state index in [4.69, 9.17) is 9.47 Å². The van der Waals surface area contributed by atoms with Crippen LogP contribution in [0.15, 0.2) is 42.1 Å². The molecule has 1 aromatic heterocycles. The van der Waals surface area contributed by atoms with Crippen LogP contribution in [0.1, 0.15) is 18.3 Å². The van der Waals surface area contributed by atoms with Crippen LogP contribution in [0.25, 0.3) is 0 Å². The van der Waals surface area contributed by atoms with Crippen LogP contribution in [-0.4, -0.2) is 33.1 Å². The number of ether oxygens (including phenoxy) is 2. The van der Waals surface area contributed by atoms with Crippen molar-refractivity contribution in [1.29, 1.82) is 0 Å². The number of aryl methyl sites for hydroxylation is 1. The van der Waals surface area contributed by atoms with E-state index in [-0.39, 0.29) is 11.7 Å². The fourth-order valence-electron chi connectivity index (χ4n) is 2.03. The molecule has 1 heterocycles. The van der Waals surface area contributed by atoms with Crippen LogP contribution in [0.2, 0.25) is 0 Å². The molecule has 0 saturated carbocycles. The van der Waals surface area contributed by atoms with Gasteiger partial charge in [-0.3, -0.25) is 9.36 Å². The summed E-state index contributed by atoms with van der Waals surface area (Å²) in [4.78, 5) is 11.5. The molecule has 0 N–H and O–H groups in total. The monoisotopic (exact) mass is 347 g/mol. The lowest BCUT2D eigenvalue weighted by Gasteiger charge is -2.10. The number of hydrogen-bond donors (Lipinski definition) is 0. The van der Waals surface area contributed by atoms with E-state index in [9.17, 15) is 4.79 Å². The summed E-state index contributed by atoms with van der Waals surface area (Å²) < 4.78 is 12.6. The molecule has 24 heavy (non-hydrogen) atoms. The minimum Gasteiger partial charge on any atom is -0.485 e. The van der Waals surface area contributed by atoms with Gasteiger partial charge in [0.1, 0.15) is 12.4 Å². The third kappa shape index (κ3) is 4.86. The highest BCUT2D eigenvalue weighted by Gasteiger charge is 2.14. The summed E-state index contributed by atoms with van der Waals surface area (Å²) in [6.07, 6.45) is 1.76. The lowest BCUT2D eigenvalue weighted by molar-refractivity contribution is -0.139. The maximum absolute atomic E-state index is 11.5. The zero-order valence-corrected chi connectivity index (χ0v) is 14.7. The normalized spacial score (nSPS) is 10.4. The maximum atomic E-state index is 11.5. The van der Waals surface area contributed by atoms with Gasteiger partial charge in [-0.25, -0.2) is 0 Å². The third-order valence-electron chi connectivity index (χ3n) is 3.18. The van der Waals surface area contributed by atoms with Crippen molar-refractivity contribution in [2.24, 2.45) is 0 Å². The second-order valence-corrected chi connectivity index (χ2v) is 5.89. The largest absolute Gasteiger partial charge is 0.485 e. The first-order valence-corrected chi connectivity index (χ1v) is 8.64. The van der Waals surface area contributed by atoms with Gasteiger partial charge in [0.15, 0.2) is 11.0 Å². The lowest BCUT2D eigenvalue weighted by Crippen LogP contribution is -2.10. The summed E-state index contributed by atoms with van der Waals surface area (Å²) in [6, 6.07) is 7.80. The smallest absolute Gasteiger partial charge is 0.316 e. The third-order valence-corrected chi connectivity index (χ3v) is 4.12. The number of thioether (sulfide) groups is 1. The molecular formula is C17H21N3O3S. The van der Waals surface area contributed by atoms with Crippen molar-refractivity contribution in [2.75, 3.05) is 12.4 Å². The number of aromatic nitrogens is 3. The van der Waals surface area contributed by atoms with Gasteiger partial charge < -0.3 is 9.47 Å². The first-order valence-electron chi connectivity index (χ1n) is 7.65. The molecule has 0 aliphatic carbocycles. The topological polar surface area (TPSA) is 66.2 Å². The number of benzene rings is 1. The average molecular weight is 347 g/mol. The highest BCUT2D eigenvalue weighted by atomic mass is 32.2. The van der Waals surface area contributed by atoms with Crippen LogP contribution in [0.5, 0.6) is 5.75 Å². The molecule has 0 unspecified atom stereocenters. The SMILES string of the molecule is C=CCn1c(COc2ccccc2C)nnc1SCC(=O)OCC. The van der Waals surface area contributed by atoms with Crippen molar-refractivity contribution in [3.63, 3.8) is 0 Å². The Morgan fingerprint density at radius 1 is 1.38 bits per heavy atom. The molecule has 0 saturated heterocycles. The average Bonchev–Trinajstić information content (AvgIpc) is 2.95. The quantitative estimate of drug-likeness (QED) is 0.395. The van der Waals surface area contributed by atoms with Crippen molar-refractivity contribution in [2.45, 2.75) is 32.2 Å². The Hall–Kier alpha value is -2.28. The molecule has 6 nitrogen and oxygen atoms in total. The van der Waals surface area contributed by atoms with Gasteiger partial charge >= 0.3 is 5.97 Å². The predicted molar refractivity (Wildman–Crippen MR) is 93.1 cm³/mol. The lowest BCUT2D eigenvalue weighted by atomic mass is 10.2. The molecule has 0 aliphatic rings. The minimum absolute atomic E-state index is 0.196. The van der Waals surface area contributed by atoms with Gasteiger partial charge in [-0.05, 0) is 25.5 Å². The first kappa shape index (κ1) is 18.1. The number of rotatable bonds is 9. The molecule has 7 heteroatoms. The molecule has 0 bridgehead atoms. The number of nitrogens with zero attached hydrogens (tertiary/aromatic N) is 3. The number of esters is 1. The molecule has 0 atom stereocenters. The summed E-state index contributed by atoms with van der Waals surface area (Å²) in [5.74, 6) is 1.42. The molecule has 0 amide bonds. The molecule has 2 rings (SSSR count). The van der Waals surface area contributed by atoms with Crippen LogP contribution in [0.3, 0.4) is 0 Å². The Kier molecular flexibility index (Phi) is 6.87. The van der Waals surface area contributed by atoms with Crippen molar-refractivity contribution in [3.05, 3.63) is 48.3 Å². The van der Waals surface area contributed by atoms with Crippen LogP contribution in [0.4, 0.5) is 0 Å². The van der Waals surface area contributed by atoms with Crippen molar-refractivity contribution in [3.8, 4) is 5.75 Å². The molecular weight excluding hydrogens is 326 g/mol. The van der Waals surface area contributed by atoms with E-state index < -0.39 is 0 Å². The summed E-state index contributed by atoms with van der Waals surface area (Å²) in [7, 11) is 0. The molecule has 0 fully saturated rings. The fraction of sp³-hybridized carbons (Fsp3) is 0.353. The van der Waals surface area contributed by atoms with Crippen LogP contribution < -0.4 is 4.74 Å². The maximum Gasteiger partial charge on any atom is 0.316 e. The van der Waals surface area contributed by atoms with Crippen LogP contribution in [0, 0.1) is 6.92 Å². The molecule has 0 spiro atoms. The van der Waals surface area contributed by atoms with E-state index in [2.05, 4.69) is 16.8 Å². The van der Waals surface area contributed by atoms with Gasteiger partial charge in [-0.15, -0.1) is 16.8 Å². The predicted octanol–water partition coefficient (Wildman–Crippen LogP) is 3.01. The van der Waals surface area contributed by atoms with Crippen molar-refractivity contribution < 1.29 is 14.3 Å². The second-order valence-electron chi connectivity index (χ2n) is 4.95.